The van der Waals surface area contributed by atoms with Crippen LogP contribution >= 0.6 is 0 Å². The molecule has 6 nitrogen and oxygen atoms in total. The van der Waals surface area contributed by atoms with Gasteiger partial charge in [-0.3, -0.25) is 9.36 Å². The normalized spacial score (nSPS) is 15.7. The van der Waals surface area contributed by atoms with Gasteiger partial charge in [0.25, 0.3) is 0 Å². The van der Waals surface area contributed by atoms with Crippen molar-refractivity contribution in [2.45, 2.75) is 64.9 Å². The van der Waals surface area contributed by atoms with Crippen molar-refractivity contribution in [1.82, 2.24) is 14.8 Å². The van der Waals surface area contributed by atoms with E-state index >= 15 is 0 Å². The van der Waals surface area contributed by atoms with Crippen LogP contribution in [-0.4, -0.2) is 26.8 Å². The lowest BCUT2D eigenvalue weighted by Gasteiger charge is -2.21. The molecule has 0 aromatic carbocycles. The number of carbonyl (C=O) groups excluding carboxylic acids is 1. The minimum atomic E-state index is 0.0708. The second-order valence-electron chi connectivity index (χ2n) is 6.90. The molecule has 2 heterocycles. The summed E-state index contributed by atoms with van der Waals surface area (Å²) in [6, 6.07) is 3.86. The molecule has 0 saturated heterocycles. The van der Waals surface area contributed by atoms with Crippen LogP contribution in [0.4, 0.5) is 5.82 Å². The largest absolute Gasteiger partial charge is 0.476 e. The highest BCUT2D eigenvalue weighted by atomic mass is 16.5. The Balaban J connectivity index is 1.77. The molecule has 1 amide bonds. The summed E-state index contributed by atoms with van der Waals surface area (Å²) in [5.74, 6) is 2.22. The van der Waals surface area contributed by atoms with Crippen molar-refractivity contribution in [2.24, 2.45) is 13.0 Å². The number of ether oxygens (including phenoxy) is 1. The summed E-state index contributed by atoms with van der Waals surface area (Å²) in [5.41, 5.74) is 0.851. The molecule has 1 aliphatic carbocycles. The number of nitrogens with zero attached hydrogens (tertiary/aromatic N) is 3. The van der Waals surface area contributed by atoms with Gasteiger partial charge in [-0.2, -0.15) is 0 Å². The van der Waals surface area contributed by atoms with E-state index in [4.69, 9.17) is 4.74 Å². The maximum atomic E-state index is 12.5. The van der Waals surface area contributed by atoms with Crippen LogP contribution in [0.3, 0.4) is 0 Å². The Bertz CT molecular complexity index is 687. The summed E-state index contributed by atoms with van der Waals surface area (Å²) in [4.78, 5) is 12.5. The quantitative estimate of drug-likeness (QED) is 0.860. The number of hydrogen-bond acceptors (Lipinski definition) is 4. The number of hydrogen-bond donors (Lipinski definition) is 1. The van der Waals surface area contributed by atoms with Crippen LogP contribution in [0.25, 0.3) is 11.4 Å². The highest BCUT2D eigenvalue weighted by molar-refractivity contribution is 5.95. The zero-order chi connectivity index (χ0) is 17.8. The van der Waals surface area contributed by atoms with Gasteiger partial charge in [-0.15, -0.1) is 10.2 Å². The second kappa shape index (κ2) is 7.85. The lowest BCUT2D eigenvalue weighted by molar-refractivity contribution is -0.120. The van der Waals surface area contributed by atoms with Gasteiger partial charge in [0.1, 0.15) is 0 Å². The summed E-state index contributed by atoms with van der Waals surface area (Å²) in [7, 11) is 1.92. The molecule has 2 aliphatic heterocycles. The molecule has 0 aromatic heterocycles. The van der Waals surface area contributed by atoms with Crippen molar-refractivity contribution in [2.75, 3.05) is 5.32 Å². The SMILES string of the molecule is CCC(CC)Oc1ccc2c(NC(=O)C3CCCCC3)nnc-2n1C. The number of aromatic nitrogens is 3. The number of amides is 1. The molecule has 3 rings (SSSR count). The number of anilines is 1. The van der Waals surface area contributed by atoms with E-state index in [0.717, 1.165) is 55.8 Å². The van der Waals surface area contributed by atoms with Gasteiger partial charge in [-0.25, -0.2) is 0 Å². The molecule has 0 atom stereocenters. The third-order valence-corrected chi connectivity index (χ3v) is 5.20. The van der Waals surface area contributed by atoms with Crippen LogP contribution in [0.15, 0.2) is 12.1 Å². The highest BCUT2D eigenvalue weighted by Crippen LogP contribution is 2.32. The third-order valence-electron chi connectivity index (χ3n) is 5.20. The van der Waals surface area contributed by atoms with E-state index in [1.54, 1.807) is 0 Å². The lowest BCUT2D eigenvalue weighted by Crippen LogP contribution is -2.25. The molecular weight excluding hydrogens is 316 g/mol. The number of carbonyl (C=O) groups is 1. The molecule has 25 heavy (non-hydrogen) atoms. The van der Waals surface area contributed by atoms with E-state index in [1.807, 2.05) is 23.7 Å². The van der Waals surface area contributed by atoms with Crippen molar-refractivity contribution in [3.8, 4) is 17.3 Å². The zero-order valence-electron chi connectivity index (χ0n) is 15.4. The van der Waals surface area contributed by atoms with Crippen LogP contribution in [0.5, 0.6) is 5.88 Å². The van der Waals surface area contributed by atoms with Gasteiger partial charge < -0.3 is 10.1 Å². The predicted molar refractivity (Wildman–Crippen MR) is 97.8 cm³/mol. The average molecular weight is 344 g/mol. The molecule has 0 spiro atoms. The fourth-order valence-electron chi connectivity index (χ4n) is 3.50. The minimum Gasteiger partial charge on any atom is -0.476 e. The average Bonchev–Trinajstić information content (AvgIpc) is 3.05. The molecule has 0 radical (unpaired) electrons. The first-order chi connectivity index (χ1) is 12.1. The van der Waals surface area contributed by atoms with E-state index in [2.05, 4.69) is 29.4 Å². The smallest absolute Gasteiger partial charge is 0.228 e. The van der Waals surface area contributed by atoms with Crippen molar-refractivity contribution in [3.63, 3.8) is 0 Å². The number of fused-ring (bicyclic) bond motifs is 1. The summed E-state index contributed by atoms with van der Waals surface area (Å²) >= 11 is 0. The molecule has 1 saturated carbocycles. The van der Waals surface area contributed by atoms with Crippen molar-refractivity contribution in [3.05, 3.63) is 12.1 Å². The topological polar surface area (TPSA) is 69.0 Å². The maximum Gasteiger partial charge on any atom is 0.228 e. The fourth-order valence-corrected chi connectivity index (χ4v) is 3.50. The van der Waals surface area contributed by atoms with Gasteiger partial charge in [0.15, 0.2) is 17.5 Å². The highest BCUT2D eigenvalue weighted by Gasteiger charge is 2.25. The molecule has 6 heteroatoms. The van der Waals surface area contributed by atoms with Crippen molar-refractivity contribution >= 4 is 11.7 Å². The number of pyridine rings is 1. The van der Waals surface area contributed by atoms with Gasteiger partial charge in [-0.1, -0.05) is 33.1 Å². The maximum absolute atomic E-state index is 12.5. The molecule has 3 aliphatic rings. The van der Waals surface area contributed by atoms with Gasteiger partial charge in [-0.05, 0) is 37.8 Å². The predicted octanol–water partition coefficient (Wildman–Crippen LogP) is 4.01. The molecule has 1 N–H and O–H groups in total. The Hall–Kier alpha value is -2.11. The molecule has 0 aromatic rings. The van der Waals surface area contributed by atoms with Crippen molar-refractivity contribution in [1.29, 1.82) is 0 Å². The van der Waals surface area contributed by atoms with Crippen LogP contribution in [0.2, 0.25) is 0 Å². The summed E-state index contributed by atoms with van der Waals surface area (Å²) in [6.45, 7) is 4.24. The minimum absolute atomic E-state index is 0.0708. The Kier molecular flexibility index (Phi) is 5.56. The molecule has 1 fully saturated rings. The van der Waals surface area contributed by atoms with E-state index in [0.29, 0.717) is 5.82 Å². The Labute approximate surface area is 149 Å². The zero-order valence-corrected chi connectivity index (χ0v) is 15.4. The molecule has 0 unspecified atom stereocenters. The first-order valence-electron chi connectivity index (χ1n) is 9.43. The summed E-state index contributed by atoms with van der Waals surface area (Å²) < 4.78 is 7.94. The van der Waals surface area contributed by atoms with Gasteiger partial charge in [0.05, 0.1) is 11.7 Å². The van der Waals surface area contributed by atoms with Crippen molar-refractivity contribution < 1.29 is 9.53 Å². The molecule has 0 bridgehead atoms. The summed E-state index contributed by atoms with van der Waals surface area (Å²) in [5, 5.41) is 11.4. The number of nitrogens with one attached hydrogen (secondary N) is 1. The van der Waals surface area contributed by atoms with Crippen LogP contribution < -0.4 is 10.1 Å². The Morgan fingerprint density at radius 1 is 1.24 bits per heavy atom. The van der Waals surface area contributed by atoms with E-state index < -0.39 is 0 Å². The number of rotatable bonds is 6. The second-order valence-corrected chi connectivity index (χ2v) is 6.90. The first-order valence-corrected chi connectivity index (χ1v) is 9.43. The van der Waals surface area contributed by atoms with E-state index in [-0.39, 0.29) is 17.9 Å². The standard InChI is InChI=1S/C19H28N4O2/c1-4-14(5-2)25-16-12-11-15-17(21-22-18(15)23(16)3)20-19(24)13-9-7-6-8-10-13/h11-14H,4-10H2,1-3H3,(H,20,21,24). The Morgan fingerprint density at radius 3 is 2.64 bits per heavy atom. The van der Waals surface area contributed by atoms with Crippen LogP contribution in [-0.2, 0) is 11.8 Å². The monoisotopic (exact) mass is 344 g/mol. The summed E-state index contributed by atoms with van der Waals surface area (Å²) in [6.07, 6.45) is 7.57. The molecule has 136 valence electrons. The molecular formula is C19H28N4O2. The Morgan fingerprint density at radius 2 is 1.96 bits per heavy atom. The fraction of sp³-hybridized carbons (Fsp3) is 0.632. The van der Waals surface area contributed by atoms with E-state index in [9.17, 15) is 4.79 Å². The van der Waals surface area contributed by atoms with E-state index in [1.165, 1.54) is 6.42 Å². The van der Waals surface area contributed by atoms with Gasteiger partial charge in [0.2, 0.25) is 5.91 Å². The van der Waals surface area contributed by atoms with Crippen LogP contribution in [0.1, 0.15) is 58.8 Å². The lowest BCUT2D eigenvalue weighted by atomic mass is 9.88. The third kappa shape index (κ3) is 3.78. The van der Waals surface area contributed by atoms with Gasteiger partial charge >= 0.3 is 0 Å². The first kappa shape index (κ1) is 17.7. The van der Waals surface area contributed by atoms with Gasteiger partial charge in [0, 0.05) is 13.0 Å². The van der Waals surface area contributed by atoms with Crippen LogP contribution in [0, 0.1) is 5.92 Å².